The number of carbonyl (C=O) groups excluding carboxylic acids is 1. The molecule has 3 heteroatoms. The molecule has 0 saturated carbocycles. The van der Waals surface area contributed by atoms with E-state index in [-0.39, 0.29) is 5.78 Å². The van der Waals surface area contributed by atoms with Gasteiger partial charge in [-0.2, -0.15) is 0 Å². The first kappa shape index (κ1) is 11.5. The van der Waals surface area contributed by atoms with Crippen molar-refractivity contribution >= 4 is 29.0 Å². The van der Waals surface area contributed by atoms with Crippen LogP contribution in [0.25, 0.3) is 0 Å². The second kappa shape index (κ2) is 3.92. The van der Waals surface area contributed by atoms with Crippen molar-refractivity contribution in [1.29, 1.82) is 0 Å². The Morgan fingerprint density at radius 1 is 1.29 bits per heavy atom. The molecule has 0 amide bonds. The minimum Gasteiger partial charge on any atom is -0.299 e. The van der Waals surface area contributed by atoms with Gasteiger partial charge < -0.3 is 0 Å². The van der Waals surface area contributed by atoms with E-state index in [1.54, 1.807) is 25.1 Å². The van der Waals surface area contributed by atoms with Crippen LogP contribution in [0.3, 0.4) is 0 Å². The number of halogens is 2. The van der Waals surface area contributed by atoms with Gasteiger partial charge in [-0.05, 0) is 44.5 Å². The predicted octanol–water partition coefficient (Wildman–Crippen LogP) is 3.86. The third-order valence-corrected chi connectivity index (χ3v) is 3.05. The van der Waals surface area contributed by atoms with Crippen LogP contribution in [0.4, 0.5) is 0 Å². The largest absolute Gasteiger partial charge is 0.299 e. The maximum absolute atomic E-state index is 11.4. The molecular formula is C11H12Cl2O. The van der Waals surface area contributed by atoms with Crippen molar-refractivity contribution in [2.24, 2.45) is 0 Å². The lowest BCUT2D eigenvalue weighted by Crippen LogP contribution is -2.26. The summed E-state index contributed by atoms with van der Waals surface area (Å²) in [6.07, 6.45) is 0. The Morgan fingerprint density at radius 3 is 2.36 bits per heavy atom. The molecule has 0 N–H and O–H groups in total. The van der Waals surface area contributed by atoms with Crippen LogP contribution in [-0.4, -0.2) is 5.78 Å². The fraction of sp³-hybridized carbons (Fsp3) is 0.364. The molecule has 0 aromatic heterocycles. The fourth-order valence-corrected chi connectivity index (χ4v) is 1.69. The van der Waals surface area contributed by atoms with Crippen molar-refractivity contribution in [3.05, 3.63) is 33.8 Å². The Balaban J connectivity index is 3.31. The first-order valence-corrected chi connectivity index (χ1v) is 5.08. The van der Waals surface area contributed by atoms with Gasteiger partial charge in [0.15, 0.2) is 0 Å². The van der Waals surface area contributed by atoms with Gasteiger partial charge in [-0.3, -0.25) is 4.79 Å². The number of hydrogen-bond donors (Lipinski definition) is 0. The maximum atomic E-state index is 11.4. The minimum atomic E-state index is -0.581. The van der Waals surface area contributed by atoms with E-state index in [0.717, 1.165) is 5.56 Å². The highest BCUT2D eigenvalue weighted by atomic mass is 35.5. The molecule has 0 heterocycles. The Labute approximate surface area is 94.0 Å². The van der Waals surface area contributed by atoms with E-state index in [2.05, 4.69) is 0 Å². The number of ketones is 1. The fourth-order valence-electron chi connectivity index (χ4n) is 1.17. The molecule has 76 valence electrons. The Hall–Kier alpha value is -0.530. The van der Waals surface area contributed by atoms with Crippen LogP contribution in [0.2, 0.25) is 10.0 Å². The number of hydrogen-bond acceptors (Lipinski definition) is 1. The number of carbonyl (C=O) groups is 1. The molecule has 0 atom stereocenters. The average Bonchev–Trinajstić information content (AvgIpc) is 2.08. The average molecular weight is 231 g/mol. The third kappa shape index (κ3) is 2.10. The van der Waals surface area contributed by atoms with E-state index in [1.807, 2.05) is 13.8 Å². The van der Waals surface area contributed by atoms with Crippen LogP contribution in [0.1, 0.15) is 26.3 Å². The quantitative estimate of drug-likeness (QED) is 0.755. The lowest BCUT2D eigenvalue weighted by molar-refractivity contribution is -0.121. The normalized spacial score (nSPS) is 11.5. The van der Waals surface area contributed by atoms with Crippen molar-refractivity contribution < 1.29 is 4.79 Å². The molecule has 0 aliphatic carbocycles. The monoisotopic (exact) mass is 230 g/mol. The molecule has 0 spiro atoms. The lowest BCUT2D eigenvalue weighted by Gasteiger charge is -2.23. The molecule has 0 unspecified atom stereocenters. The molecule has 0 bridgehead atoms. The highest BCUT2D eigenvalue weighted by Crippen LogP contribution is 2.32. The SMILES string of the molecule is CC(=O)C(C)(C)c1cc(Cl)ccc1Cl. The smallest absolute Gasteiger partial charge is 0.139 e. The maximum Gasteiger partial charge on any atom is 0.139 e. The molecular weight excluding hydrogens is 219 g/mol. The van der Waals surface area contributed by atoms with Gasteiger partial charge in [-0.25, -0.2) is 0 Å². The van der Waals surface area contributed by atoms with Gasteiger partial charge in [0, 0.05) is 15.5 Å². The zero-order valence-electron chi connectivity index (χ0n) is 8.40. The van der Waals surface area contributed by atoms with E-state index in [1.165, 1.54) is 0 Å². The zero-order chi connectivity index (χ0) is 10.9. The molecule has 14 heavy (non-hydrogen) atoms. The van der Waals surface area contributed by atoms with Gasteiger partial charge in [0.05, 0.1) is 0 Å². The molecule has 1 aromatic rings. The van der Waals surface area contributed by atoms with Crippen LogP contribution in [0.5, 0.6) is 0 Å². The number of rotatable bonds is 2. The minimum absolute atomic E-state index is 0.0710. The summed E-state index contributed by atoms with van der Waals surface area (Å²) in [5, 5.41) is 1.17. The summed E-state index contributed by atoms with van der Waals surface area (Å²) >= 11 is 11.9. The van der Waals surface area contributed by atoms with Gasteiger partial charge in [0.1, 0.15) is 5.78 Å². The predicted molar refractivity (Wildman–Crippen MR) is 60.2 cm³/mol. The Kier molecular flexibility index (Phi) is 3.23. The van der Waals surface area contributed by atoms with E-state index in [0.29, 0.717) is 10.0 Å². The molecule has 1 aromatic carbocycles. The molecule has 0 radical (unpaired) electrons. The van der Waals surface area contributed by atoms with Crippen molar-refractivity contribution in [3.8, 4) is 0 Å². The molecule has 0 aliphatic rings. The molecule has 0 saturated heterocycles. The summed E-state index contributed by atoms with van der Waals surface area (Å²) < 4.78 is 0. The lowest BCUT2D eigenvalue weighted by atomic mass is 9.81. The number of Topliss-reactive ketones (excluding diaryl/α,β-unsaturated/α-hetero) is 1. The van der Waals surface area contributed by atoms with Gasteiger partial charge in [-0.1, -0.05) is 23.2 Å². The Bertz CT molecular complexity index is 370. The van der Waals surface area contributed by atoms with Crippen molar-refractivity contribution in [2.45, 2.75) is 26.2 Å². The second-order valence-electron chi connectivity index (χ2n) is 3.81. The van der Waals surface area contributed by atoms with Gasteiger partial charge in [0.25, 0.3) is 0 Å². The summed E-state index contributed by atoms with van der Waals surface area (Å²) in [4.78, 5) is 11.4. The second-order valence-corrected chi connectivity index (χ2v) is 4.65. The summed E-state index contributed by atoms with van der Waals surface area (Å²) in [6.45, 7) is 5.23. The Morgan fingerprint density at radius 2 is 1.86 bits per heavy atom. The van der Waals surface area contributed by atoms with Crippen LogP contribution in [-0.2, 0) is 10.2 Å². The molecule has 0 aliphatic heterocycles. The van der Waals surface area contributed by atoms with Crippen molar-refractivity contribution in [1.82, 2.24) is 0 Å². The summed E-state index contributed by atoms with van der Waals surface area (Å²) in [5.74, 6) is 0.0710. The van der Waals surface area contributed by atoms with Crippen molar-refractivity contribution in [2.75, 3.05) is 0 Å². The third-order valence-electron chi connectivity index (χ3n) is 2.48. The van der Waals surface area contributed by atoms with Crippen LogP contribution >= 0.6 is 23.2 Å². The zero-order valence-corrected chi connectivity index (χ0v) is 9.91. The highest BCUT2D eigenvalue weighted by molar-refractivity contribution is 6.34. The van der Waals surface area contributed by atoms with E-state index >= 15 is 0 Å². The molecule has 0 fully saturated rings. The van der Waals surface area contributed by atoms with E-state index < -0.39 is 5.41 Å². The van der Waals surface area contributed by atoms with Gasteiger partial charge >= 0.3 is 0 Å². The number of benzene rings is 1. The molecule has 1 nitrogen and oxygen atoms in total. The summed E-state index contributed by atoms with van der Waals surface area (Å²) in [7, 11) is 0. The highest BCUT2D eigenvalue weighted by Gasteiger charge is 2.28. The van der Waals surface area contributed by atoms with Crippen LogP contribution in [0, 0.1) is 0 Å². The van der Waals surface area contributed by atoms with Gasteiger partial charge in [0.2, 0.25) is 0 Å². The summed E-state index contributed by atoms with van der Waals surface area (Å²) in [6, 6.07) is 5.17. The van der Waals surface area contributed by atoms with Crippen molar-refractivity contribution in [3.63, 3.8) is 0 Å². The van der Waals surface area contributed by atoms with E-state index in [4.69, 9.17) is 23.2 Å². The first-order chi connectivity index (χ1) is 6.35. The van der Waals surface area contributed by atoms with E-state index in [9.17, 15) is 4.79 Å². The van der Waals surface area contributed by atoms with Crippen LogP contribution < -0.4 is 0 Å². The topological polar surface area (TPSA) is 17.1 Å². The van der Waals surface area contributed by atoms with Gasteiger partial charge in [-0.15, -0.1) is 0 Å². The first-order valence-electron chi connectivity index (χ1n) is 4.32. The summed E-state index contributed by atoms with van der Waals surface area (Å²) in [5.41, 5.74) is 0.196. The van der Waals surface area contributed by atoms with Crippen LogP contribution in [0.15, 0.2) is 18.2 Å². The standard InChI is InChI=1S/C11H12Cl2O/c1-7(14)11(2,3)9-6-8(12)4-5-10(9)13/h4-6H,1-3H3. The molecule has 1 rings (SSSR count).